The first-order valence-electron chi connectivity index (χ1n) is 10.1. The number of sulfonamides is 1. The second-order valence-electron chi connectivity index (χ2n) is 7.58. The van der Waals surface area contributed by atoms with Crippen molar-refractivity contribution in [3.63, 3.8) is 0 Å². The number of hydrogen-bond donors (Lipinski definition) is 2. The summed E-state index contributed by atoms with van der Waals surface area (Å²) in [5.74, 6) is -0.955. The number of anilines is 1. The van der Waals surface area contributed by atoms with Crippen molar-refractivity contribution in [2.75, 3.05) is 31.2 Å². The molecule has 0 bridgehead atoms. The van der Waals surface area contributed by atoms with Crippen molar-refractivity contribution in [1.29, 1.82) is 0 Å². The molecule has 1 saturated heterocycles. The van der Waals surface area contributed by atoms with Crippen LogP contribution in [0.5, 0.6) is 0 Å². The third-order valence-corrected chi connectivity index (χ3v) is 6.46. The molecule has 2 aromatic rings. The average molecular weight is 451 g/mol. The van der Waals surface area contributed by atoms with Crippen molar-refractivity contribution in [2.45, 2.75) is 31.3 Å². The Balaban J connectivity index is 1.72. The molecule has 1 fully saturated rings. The maximum Gasteiger partial charge on any atom is 0.244 e. The zero-order chi connectivity index (χ0) is 22.4. The smallest absolute Gasteiger partial charge is 0.244 e. The van der Waals surface area contributed by atoms with E-state index in [0.717, 1.165) is 23.5 Å². The predicted octanol–water partition coefficient (Wildman–Crippen LogP) is 1.68. The number of halogens is 1. The lowest BCUT2D eigenvalue weighted by Crippen LogP contribution is -2.49. The van der Waals surface area contributed by atoms with Gasteiger partial charge in [0, 0.05) is 31.4 Å². The van der Waals surface area contributed by atoms with Crippen LogP contribution in [0.25, 0.3) is 0 Å². The number of amides is 1. The summed E-state index contributed by atoms with van der Waals surface area (Å²) < 4.78 is 47.0. The molecule has 1 amide bonds. The molecule has 0 unspecified atom stereocenters. The zero-order valence-corrected chi connectivity index (χ0v) is 18.4. The van der Waals surface area contributed by atoms with Gasteiger partial charge in [0.15, 0.2) is 0 Å². The van der Waals surface area contributed by atoms with E-state index in [1.807, 2.05) is 6.07 Å². The van der Waals surface area contributed by atoms with Crippen molar-refractivity contribution < 1.29 is 22.3 Å². The number of pyridine rings is 1. The van der Waals surface area contributed by atoms with E-state index in [2.05, 4.69) is 19.9 Å². The van der Waals surface area contributed by atoms with Crippen molar-refractivity contribution in [3.8, 4) is 0 Å². The Morgan fingerprint density at radius 1 is 1.19 bits per heavy atom. The van der Waals surface area contributed by atoms with E-state index in [0.29, 0.717) is 26.3 Å². The number of hydrogen-bond acceptors (Lipinski definition) is 6. The van der Waals surface area contributed by atoms with Gasteiger partial charge in [0.1, 0.15) is 22.6 Å². The molecule has 2 N–H and O–H groups in total. The molecule has 1 aromatic carbocycles. The summed E-state index contributed by atoms with van der Waals surface area (Å²) in [5, 5.41) is 2.79. The lowest BCUT2D eigenvalue weighted by molar-refractivity contribution is -0.123. The molecule has 10 heteroatoms. The van der Waals surface area contributed by atoms with Gasteiger partial charge in [0.25, 0.3) is 0 Å². The number of nitrogens with zero attached hydrogens (tertiary/aromatic N) is 2. The lowest BCUT2D eigenvalue weighted by atomic mass is 10.0. The standard InChI is InChI=1S/C21H27FN4O4S/c1-15(2)19(25-31(28,29)18-8-4-3-7-17(18)22)21(27)24-14-16-6-5-9-23-20(16)26-10-12-30-13-11-26/h3-9,15,19,25H,10-14H2,1-2H3,(H,24,27)/t19-/m0/s1. The van der Waals surface area contributed by atoms with Gasteiger partial charge < -0.3 is 15.0 Å². The third kappa shape index (κ3) is 5.78. The highest BCUT2D eigenvalue weighted by atomic mass is 32.2. The minimum Gasteiger partial charge on any atom is -0.378 e. The largest absolute Gasteiger partial charge is 0.378 e. The maximum atomic E-state index is 14.0. The summed E-state index contributed by atoms with van der Waals surface area (Å²) in [7, 11) is -4.21. The summed E-state index contributed by atoms with van der Waals surface area (Å²) in [6, 6.07) is 7.65. The van der Waals surface area contributed by atoms with Crippen molar-refractivity contribution in [2.24, 2.45) is 5.92 Å². The molecule has 0 saturated carbocycles. The Morgan fingerprint density at radius 3 is 2.58 bits per heavy atom. The number of rotatable bonds is 8. The fourth-order valence-electron chi connectivity index (χ4n) is 3.31. The van der Waals surface area contributed by atoms with E-state index < -0.39 is 32.7 Å². The number of nitrogens with one attached hydrogen (secondary N) is 2. The van der Waals surface area contributed by atoms with Crippen LogP contribution in [0.2, 0.25) is 0 Å². The predicted molar refractivity (Wildman–Crippen MR) is 114 cm³/mol. The van der Waals surface area contributed by atoms with Crippen LogP contribution in [0.15, 0.2) is 47.5 Å². The highest BCUT2D eigenvalue weighted by Gasteiger charge is 2.30. The molecule has 2 heterocycles. The van der Waals surface area contributed by atoms with Crippen molar-refractivity contribution >= 4 is 21.7 Å². The van der Waals surface area contributed by atoms with Crippen LogP contribution in [-0.2, 0) is 26.1 Å². The second kappa shape index (κ2) is 10.2. The van der Waals surface area contributed by atoms with E-state index in [-0.39, 0.29) is 12.5 Å². The fraction of sp³-hybridized carbons (Fsp3) is 0.429. The van der Waals surface area contributed by atoms with Crippen molar-refractivity contribution in [1.82, 2.24) is 15.0 Å². The minimum atomic E-state index is -4.21. The van der Waals surface area contributed by atoms with Gasteiger partial charge in [0.2, 0.25) is 15.9 Å². The molecule has 0 spiro atoms. The van der Waals surface area contributed by atoms with Gasteiger partial charge in [-0.25, -0.2) is 17.8 Å². The van der Waals surface area contributed by atoms with E-state index in [9.17, 15) is 17.6 Å². The Hall–Kier alpha value is -2.56. The van der Waals surface area contributed by atoms with Crippen molar-refractivity contribution in [3.05, 3.63) is 54.0 Å². The molecule has 3 rings (SSSR count). The van der Waals surface area contributed by atoms with E-state index in [1.54, 1.807) is 26.1 Å². The summed E-state index contributed by atoms with van der Waals surface area (Å²) in [4.78, 5) is 18.9. The molecule has 1 aliphatic rings. The first-order valence-corrected chi connectivity index (χ1v) is 11.6. The Labute approximate surface area is 181 Å². The van der Waals surface area contributed by atoms with Crippen LogP contribution in [0, 0.1) is 11.7 Å². The maximum absolute atomic E-state index is 14.0. The molecule has 31 heavy (non-hydrogen) atoms. The lowest BCUT2D eigenvalue weighted by Gasteiger charge is -2.29. The van der Waals surface area contributed by atoms with Crippen LogP contribution in [-0.4, -0.2) is 51.7 Å². The average Bonchev–Trinajstić information content (AvgIpc) is 2.76. The molecule has 1 aliphatic heterocycles. The molecule has 1 aromatic heterocycles. The molecule has 168 valence electrons. The summed E-state index contributed by atoms with van der Waals surface area (Å²) >= 11 is 0. The Morgan fingerprint density at radius 2 is 1.90 bits per heavy atom. The minimum absolute atomic E-state index is 0.185. The SMILES string of the molecule is CC(C)[C@H](NS(=O)(=O)c1ccccc1F)C(=O)NCc1cccnc1N1CCOCC1. The normalized spacial score (nSPS) is 15.7. The van der Waals surface area contributed by atoms with Gasteiger partial charge in [-0.1, -0.05) is 32.0 Å². The summed E-state index contributed by atoms with van der Waals surface area (Å²) in [6.45, 7) is 6.24. The van der Waals surface area contributed by atoms with Crippen LogP contribution in [0.3, 0.4) is 0 Å². The first-order chi connectivity index (χ1) is 14.8. The van der Waals surface area contributed by atoms with Gasteiger partial charge in [0.05, 0.1) is 13.2 Å². The Kier molecular flexibility index (Phi) is 7.58. The summed E-state index contributed by atoms with van der Waals surface area (Å²) in [6.07, 6.45) is 1.69. The number of carbonyl (C=O) groups excluding carboxylic acids is 1. The molecule has 8 nitrogen and oxygen atoms in total. The van der Waals surface area contributed by atoms with Gasteiger partial charge in [-0.05, 0) is 24.1 Å². The van der Waals surface area contributed by atoms with Gasteiger partial charge >= 0.3 is 0 Å². The number of aromatic nitrogens is 1. The van der Waals surface area contributed by atoms with Gasteiger partial charge in [-0.3, -0.25) is 4.79 Å². The second-order valence-corrected chi connectivity index (χ2v) is 9.26. The molecule has 0 aliphatic carbocycles. The fourth-order valence-corrected chi connectivity index (χ4v) is 4.73. The number of morpholine rings is 1. The monoisotopic (exact) mass is 450 g/mol. The van der Waals surface area contributed by atoms with Crippen LogP contribution in [0.1, 0.15) is 19.4 Å². The van der Waals surface area contributed by atoms with E-state index in [1.165, 1.54) is 12.1 Å². The number of carbonyl (C=O) groups is 1. The highest BCUT2D eigenvalue weighted by Crippen LogP contribution is 2.19. The number of benzene rings is 1. The van der Waals surface area contributed by atoms with E-state index in [4.69, 9.17) is 4.74 Å². The molecule has 1 atom stereocenters. The highest BCUT2D eigenvalue weighted by molar-refractivity contribution is 7.89. The topological polar surface area (TPSA) is 101 Å². The van der Waals surface area contributed by atoms with Gasteiger partial charge in [-0.15, -0.1) is 0 Å². The Bertz CT molecular complexity index is 1010. The number of ether oxygens (including phenoxy) is 1. The summed E-state index contributed by atoms with van der Waals surface area (Å²) in [5.41, 5.74) is 0.817. The molecule has 0 radical (unpaired) electrons. The van der Waals surface area contributed by atoms with E-state index >= 15 is 0 Å². The third-order valence-electron chi connectivity index (χ3n) is 4.99. The van der Waals surface area contributed by atoms with Crippen LogP contribution >= 0.6 is 0 Å². The van der Waals surface area contributed by atoms with Gasteiger partial charge in [-0.2, -0.15) is 4.72 Å². The first kappa shape index (κ1) is 23.1. The molecular formula is C21H27FN4O4S. The van der Waals surface area contributed by atoms with Crippen LogP contribution < -0.4 is 14.9 Å². The van der Waals surface area contributed by atoms with Crippen LogP contribution in [0.4, 0.5) is 10.2 Å². The zero-order valence-electron chi connectivity index (χ0n) is 17.5. The quantitative estimate of drug-likeness (QED) is 0.635. The molecular weight excluding hydrogens is 423 g/mol.